The van der Waals surface area contributed by atoms with Crippen LogP contribution in [0.25, 0.3) is 11.3 Å². The maximum absolute atomic E-state index is 12.1. The van der Waals surface area contributed by atoms with Crippen molar-refractivity contribution in [2.45, 2.75) is 33.1 Å². The minimum Gasteiger partial charge on any atom is -0.461 e. The van der Waals surface area contributed by atoms with Crippen LogP contribution in [0.4, 0.5) is 0 Å². The first-order chi connectivity index (χ1) is 12.5. The first kappa shape index (κ1) is 18.0. The zero-order chi connectivity index (χ0) is 18.5. The van der Waals surface area contributed by atoms with Gasteiger partial charge in [-0.3, -0.25) is 9.48 Å². The van der Waals surface area contributed by atoms with Gasteiger partial charge in [-0.1, -0.05) is 30.3 Å². The van der Waals surface area contributed by atoms with Crippen molar-refractivity contribution in [3.63, 3.8) is 0 Å². The van der Waals surface area contributed by atoms with E-state index in [0.717, 1.165) is 34.9 Å². The van der Waals surface area contributed by atoms with Gasteiger partial charge in [0.05, 0.1) is 5.69 Å². The fraction of sp³-hybridized carbons (Fsp3) is 0.333. The summed E-state index contributed by atoms with van der Waals surface area (Å²) in [5, 5.41) is 7.39. The van der Waals surface area contributed by atoms with Gasteiger partial charge in [-0.15, -0.1) is 0 Å². The standard InChI is InChI=1S/C21H25N3O2/c1-15-19(16(2)24(3)23-15)13-14-22-21(25)12-10-18-9-11-20(26-18)17-7-5-4-6-8-17/h4-9,11H,10,12-14H2,1-3H3,(H,22,25). The second kappa shape index (κ2) is 8.04. The summed E-state index contributed by atoms with van der Waals surface area (Å²) in [6.07, 6.45) is 1.83. The van der Waals surface area contributed by atoms with Gasteiger partial charge < -0.3 is 9.73 Å². The zero-order valence-electron chi connectivity index (χ0n) is 15.6. The summed E-state index contributed by atoms with van der Waals surface area (Å²) in [5.74, 6) is 1.71. The fourth-order valence-electron chi connectivity index (χ4n) is 3.10. The molecule has 0 radical (unpaired) electrons. The Bertz CT molecular complexity index is 878. The molecule has 3 rings (SSSR count). The third-order valence-corrected chi connectivity index (χ3v) is 4.67. The molecule has 2 aromatic heterocycles. The maximum atomic E-state index is 12.1. The van der Waals surface area contributed by atoms with E-state index in [-0.39, 0.29) is 5.91 Å². The van der Waals surface area contributed by atoms with Gasteiger partial charge in [0.15, 0.2) is 0 Å². The summed E-state index contributed by atoms with van der Waals surface area (Å²) in [5.41, 5.74) is 4.45. The number of rotatable bonds is 7. The molecule has 0 unspecified atom stereocenters. The molecular weight excluding hydrogens is 326 g/mol. The molecule has 0 atom stereocenters. The summed E-state index contributed by atoms with van der Waals surface area (Å²) in [4.78, 5) is 12.1. The van der Waals surface area contributed by atoms with Crippen LogP contribution in [0, 0.1) is 13.8 Å². The van der Waals surface area contributed by atoms with Crippen LogP contribution in [0.1, 0.15) is 29.1 Å². The summed E-state index contributed by atoms with van der Waals surface area (Å²) in [6, 6.07) is 13.9. The van der Waals surface area contributed by atoms with Gasteiger partial charge in [0.2, 0.25) is 5.91 Å². The van der Waals surface area contributed by atoms with Crippen molar-refractivity contribution in [2.24, 2.45) is 7.05 Å². The Kier molecular flexibility index (Phi) is 5.56. The van der Waals surface area contributed by atoms with Gasteiger partial charge in [0.25, 0.3) is 0 Å². The highest BCUT2D eigenvalue weighted by molar-refractivity contribution is 5.76. The highest BCUT2D eigenvalue weighted by Crippen LogP contribution is 2.22. The number of carbonyl (C=O) groups excluding carboxylic acids is 1. The lowest BCUT2D eigenvalue weighted by molar-refractivity contribution is -0.121. The highest BCUT2D eigenvalue weighted by atomic mass is 16.3. The van der Waals surface area contributed by atoms with Crippen LogP contribution in [0.2, 0.25) is 0 Å². The molecule has 0 aliphatic heterocycles. The number of carbonyl (C=O) groups is 1. The van der Waals surface area contributed by atoms with Gasteiger partial charge in [-0.2, -0.15) is 5.10 Å². The summed E-state index contributed by atoms with van der Waals surface area (Å²) in [6.45, 7) is 4.68. The Hall–Kier alpha value is -2.82. The Labute approximate surface area is 154 Å². The van der Waals surface area contributed by atoms with E-state index >= 15 is 0 Å². The first-order valence-electron chi connectivity index (χ1n) is 8.94. The minimum absolute atomic E-state index is 0.0434. The van der Waals surface area contributed by atoms with Crippen LogP contribution < -0.4 is 5.32 Å². The van der Waals surface area contributed by atoms with Crippen molar-refractivity contribution in [3.8, 4) is 11.3 Å². The largest absolute Gasteiger partial charge is 0.461 e. The van der Waals surface area contributed by atoms with Crippen molar-refractivity contribution in [3.05, 3.63) is 65.2 Å². The lowest BCUT2D eigenvalue weighted by atomic mass is 10.1. The maximum Gasteiger partial charge on any atom is 0.220 e. The van der Waals surface area contributed by atoms with E-state index in [1.165, 1.54) is 5.56 Å². The van der Waals surface area contributed by atoms with Crippen molar-refractivity contribution in [2.75, 3.05) is 6.54 Å². The van der Waals surface area contributed by atoms with E-state index in [4.69, 9.17) is 4.42 Å². The van der Waals surface area contributed by atoms with Crippen LogP contribution in [0.5, 0.6) is 0 Å². The van der Waals surface area contributed by atoms with E-state index < -0.39 is 0 Å². The molecule has 0 fully saturated rings. The van der Waals surface area contributed by atoms with Crippen molar-refractivity contribution in [1.29, 1.82) is 0 Å². The molecule has 1 amide bonds. The zero-order valence-corrected chi connectivity index (χ0v) is 15.6. The predicted octanol–water partition coefficient (Wildman–Crippen LogP) is 3.59. The molecular formula is C21H25N3O2. The molecule has 26 heavy (non-hydrogen) atoms. The van der Waals surface area contributed by atoms with Crippen molar-refractivity contribution in [1.82, 2.24) is 15.1 Å². The topological polar surface area (TPSA) is 60.1 Å². The molecule has 0 spiro atoms. The summed E-state index contributed by atoms with van der Waals surface area (Å²) >= 11 is 0. The van der Waals surface area contributed by atoms with Gasteiger partial charge >= 0.3 is 0 Å². The molecule has 0 bridgehead atoms. The fourth-order valence-corrected chi connectivity index (χ4v) is 3.10. The Morgan fingerprint density at radius 1 is 1.12 bits per heavy atom. The second-order valence-corrected chi connectivity index (χ2v) is 6.50. The van der Waals surface area contributed by atoms with E-state index in [1.54, 1.807) is 0 Å². The van der Waals surface area contributed by atoms with E-state index in [1.807, 2.05) is 61.1 Å². The molecule has 0 saturated heterocycles. The number of hydrogen-bond acceptors (Lipinski definition) is 3. The SMILES string of the molecule is Cc1nn(C)c(C)c1CCNC(=O)CCc1ccc(-c2ccccc2)o1. The van der Waals surface area contributed by atoms with Crippen LogP contribution >= 0.6 is 0 Å². The smallest absolute Gasteiger partial charge is 0.220 e. The third kappa shape index (κ3) is 4.23. The average Bonchev–Trinajstić information content (AvgIpc) is 3.21. The Morgan fingerprint density at radius 3 is 2.58 bits per heavy atom. The quantitative estimate of drug-likeness (QED) is 0.708. The molecule has 0 aliphatic rings. The first-order valence-corrected chi connectivity index (χ1v) is 8.94. The van der Waals surface area contributed by atoms with Crippen molar-refractivity contribution < 1.29 is 9.21 Å². The monoisotopic (exact) mass is 351 g/mol. The van der Waals surface area contributed by atoms with Crippen LogP contribution in [0.15, 0.2) is 46.9 Å². The van der Waals surface area contributed by atoms with Gasteiger partial charge in [0.1, 0.15) is 11.5 Å². The number of hydrogen-bond donors (Lipinski definition) is 1. The minimum atomic E-state index is 0.0434. The van der Waals surface area contributed by atoms with Crippen LogP contribution in [0.3, 0.4) is 0 Å². The van der Waals surface area contributed by atoms with Crippen molar-refractivity contribution >= 4 is 5.91 Å². The number of benzene rings is 1. The van der Waals surface area contributed by atoms with Gasteiger partial charge in [-0.25, -0.2) is 0 Å². The highest BCUT2D eigenvalue weighted by Gasteiger charge is 2.10. The average molecular weight is 351 g/mol. The molecule has 1 N–H and O–H groups in total. The lowest BCUT2D eigenvalue weighted by Gasteiger charge is -2.05. The summed E-state index contributed by atoms with van der Waals surface area (Å²) in [7, 11) is 1.94. The number of nitrogens with one attached hydrogen (secondary N) is 1. The van der Waals surface area contributed by atoms with Gasteiger partial charge in [-0.05, 0) is 38.0 Å². The molecule has 5 nitrogen and oxygen atoms in total. The normalized spacial score (nSPS) is 10.9. The molecule has 0 aliphatic carbocycles. The Balaban J connectivity index is 1.45. The molecule has 136 valence electrons. The molecule has 2 heterocycles. The molecule has 0 saturated carbocycles. The van der Waals surface area contributed by atoms with Gasteiger partial charge in [0, 0.05) is 37.7 Å². The number of aryl methyl sites for hydroxylation is 3. The lowest BCUT2D eigenvalue weighted by Crippen LogP contribution is -2.26. The summed E-state index contributed by atoms with van der Waals surface area (Å²) < 4.78 is 7.72. The van der Waals surface area contributed by atoms with Crippen LogP contribution in [-0.4, -0.2) is 22.2 Å². The van der Waals surface area contributed by atoms with E-state index in [2.05, 4.69) is 17.3 Å². The molecule has 3 aromatic rings. The predicted molar refractivity (Wildman–Crippen MR) is 102 cm³/mol. The third-order valence-electron chi connectivity index (χ3n) is 4.67. The van der Waals surface area contributed by atoms with Crippen LogP contribution in [-0.2, 0) is 24.7 Å². The number of nitrogens with zero attached hydrogens (tertiary/aromatic N) is 2. The number of amides is 1. The second-order valence-electron chi connectivity index (χ2n) is 6.50. The molecule has 1 aromatic carbocycles. The molecule has 5 heteroatoms. The van der Waals surface area contributed by atoms with E-state index in [0.29, 0.717) is 19.4 Å². The number of furan rings is 1. The Morgan fingerprint density at radius 2 is 1.88 bits per heavy atom. The van der Waals surface area contributed by atoms with E-state index in [9.17, 15) is 4.79 Å². The number of aromatic nitrogens is 2.